The highest BCUT2D eigenvalue weighted by Gasteiger charge is 1.90. The summed E-state index contributed by atoms with van der Waals surface area (Å²) in [6.07, 6.45) is 0. The van der Waals surface area contributed by atoms with Crippen molar-refractivity contribution in [3.63, 3.8) is 0 Å². The molecule has 3 N–H and O–H groups in total. The molecular formula is C7H11BrN2O. The standard InChI is InChI=1S/C7H10N2O.BrH/c1-10-7-4-2-3-6(5-7)9-8;/h2-5,9H,8H2,1H3;1H. The summed E-state index contributed by atoms with van der Waals surface area (Å²) in [5.74, 6) is 5.97. The average Bonchev–Trinajstić information content (AvgIpc) is 2.05. The summed E-state index contributed by atoms with van der Waals surface area (Å²) in [4.78, 5) is 0. The van der Waals surface area contributed by atoms with Crippen LogP contribution in [0.2, 0.25) is 0 Å². The summed E-state index contributed by atoms with van der Waals surface area (Å²) in [7, 11) is 1.62. The second kappa shape index (κ2) is 4.98. The van der Waals surface area contributed by atoms with Crippen molar-refractivity contribution in [3.8, 4) is 5.75 Å². The van der Waals surface area contributed by atoms with Crippen molar-refractivity contribution in [2.45, 2.75) is 0 Å². The first-order valence-corrected chi connectivity index (χ1v) is 2.97. The molecule has 0 atom stereocenters. The molecule has 0 spiro atoms. The Hall–Kier alpha value is -0.740. The van der Waals surface area contributed by atoms with Gasteiger partial charge in [-0.05, 0) is 12.1 Å². The minimum absolute atomic E-state index is 0. The first-order valence-electron chi connectivity index (χ1n) is 2.97. The lowest BCUT2D eigenvalue weighted by Crippen LogP contribution is -2.06. The Morgan fingerprint density at radius 1 is 1.45 bits per heavy atom. The summed E-state index contributed by atoms with van der Waals surface area (Å²) in [6.45, 7) is 0. The Balaban J connectivity index is 0.000001000. The van der Waals surface area contributed by atoms with E-state index < -0.39 is 0 Å². The molecule has 0 heterocycles. The van der Waals surface area contributed by atoms with Crippen LogP contribution in [0.1, 0.15) is 0 Å². The number of methoxy groups -OCH3 is 1. The van der Waals surface area contributed by atoms with Gasteiger partial charge in [-0.1, -0.05) is 6.07 Å². The summed E-state index contributed by atoms with van der Waals surface area (Å²) in [5.41, 5.74) is 3.37. The average molecular weight is 219 g/mol. The molecule has 62 valence electrons. The monoisotopic (exact) mass is 218 g/mol. The molecule has 3 nitrogen and oxygen atoms in total. The highest BCUT2D eigenvalue weighted by atomic mass is 79.9. The van der Waals surface area contributed by atoms with Gasteiger partial charge in [-0.25, -0.2) is 0 Å². The number of hydrogen-bond acceptors (Lipinski definition) is 3. The first-order chi connectivity index (χ1) is 4.86. The first kappa shape index (κ1) is 10.3. The largest absolute Gasteiger partial charge is 0.497 e. The molecule has 0 aromatic heterocycles. The van der Waals surface area contributed by atoms with Gasteiger partial charge in [0.25, 0.3) is 0 Å². The summed E-state index contributed by atoms with van der Waals surface area (Å²) in [5, 5.41) is 0. The van der Waals surface area contributed by atoms with Crippen LogP contribution in [-0.2, 0) is 0 Å². The lowest BCUT2D eigenvalue weighted by molar-refractivity contribution is 0.415. The Morgan fingerprint density at radius 3 is 2.73 bits per heavy atom. The number of hydrazine groups is 1. The van der Waals surface area contributed by atoms with Gasteiger partial charge in [0, 0.05) is 6.07 Å². The van der Waals surface area contributed by atoms with E-state index in [1.807, 2.05) is 24.3 Å². The van der Waals surface area contributed by atoms with Gasteiger partial charge < -0.3 is 10.2 Å². The molecule has 0 radical (unpaired) electrons. The molecule has 0 fully saturated rings. The van der Waals surface area contributed by atoms with Gasteiger partial charge in [0.1, 0.15) is 5.75 Å². The number of nitrogen functional groups attached to an aromatic ring is 1. The zero-order chi connectivity index (χ0) is 7.40. The third-order valence-corrected chi connectivity index (χ3v) is 1.24. The van der Waals surface area contributed by atoms with Crippen molar-refractivity contribution in [2.75, 3.05) is 12.5 Å². The van der Waals surface area contributed by atoms with E-state index in [9.17, 15) is 0 Å². The molecule has 0 aliphatic rings. The Bertz CT molecular complexity index is 198. The van der Waals surface area contributed by atoms with Crippen LogP contribution >= 0.6 is 17.0 Å². The Morgan fingerprint density at radius 2 is 2.18 bits per heavy atom. The van der Waals surface area contributed by atoms with Crippen molar-refractivity contribution < 1.29 is 4.74 Å². The summed E-state index contributed by atoms with van der Waals surface area (Å²) in [6, 6.07) is 7.41. The van der Waals surface area contributed by atoms with Gasteiger partial charge in [-0.3, -0.25) is 5.84 Å². The number of halogens is 1. The molecule has 0 amide bonds. The molecule has 0 bridgehead atoms. The smallest absolute Gasteiger partial charge is 0.120 e. The van der Waals surface area contributed by atoms with E-state index >= 15 is 0 Å². The highest BCUT2D eigenvalue weighted by Crippen LogP contribution is 2.14. The van der Waals surface area contributed by atoms with E-state index in [1.54, 1.807) is 7.11 Å². The van der Waals surface area contributed by atoms with Crippen LogP contribution in [0.4, 0.5) is 5.69 Å². The highest BCUT2D eigenvalue weighted by molar-refractivity contribution is 8.93. The molecule has 0 saturated heterocycles. The maximum absolute atomic E-state index is 5.17. The second-order valence-electron chi connectivity index (χ2n) is 1.88. The van der Waals surface area contributed by atoms with E-state index in [2.05, 4.69) is 5.43 Å². The number of rotatable bonds is 2. The number of ether oxygens (including phenoxy) is 1. The van der Waals surface area contributed by atoms with Gasteiger partial charge in [0.05, 0.1) is 12.8 Å². The molecule has 0 aliphatic heterocycles. The molecule has 1 aromatic carbocycles. The van der Waals surface area contributed by atoms with E-state index in [0.29, 0.717) is 0 Å². The van der Waals surface area contributed by atoms with Crippen molar-refractivity contribution in [1.82, 2.24) is 0 Å². The maximum Gasteiger partial charge on any atom is 0.120 e. The van der Waals surface area contributed by atoms with Gasteiger partial charge in [0.15, 0.2) is 0 Å². The van der Waals surface area contributed by atoms with Crippen molar-refractivity contribution in [1.29, 1.82) is 0 Å². The quantitative estimate of drug-likeness (QED) is 0.586. The predicted molar refractivity (Wildman–Crippen MR) is 51.1 cm³/mol. The predicted octanol–water partition coefficient (Wildman–Crippen LogP) is 1.56. The molecule has 0 unspecified atom stereocenters. The lowest BCUT2D eigenvalue weighted by atomic mass is 10.3. The third-order valence-electron chi connectivity index (χ3n) is 1.24. The van der Waals surface area contributed by atoms with Crippen LogP contribution < -0.4 is 16.0 Å². The molecule has 11 heavy (non-hydrogen) atoms. The fraction of sp³-hybridized carbons (Fsp3) is 0.143. The van der Waals surface area contributed by atoms with Crippen LogP contribution in [0.25, 0.3) is 0 Å². The van der Waals surface area contributed by atoms with Gasteiger partial charge in [-0.2, -0.15) is 0 Å². The molecule has 0 aliphatic carbocycles. The van der Waals surface area contributed by atoms with Crippen LogP contribution in [-0.4, -0.2) is 7.11 Å². The third kappa shape index (κ3) is 2.78. The SMILES string of the molecule is Br.COc1cccc(NN)c1. The fourth-order valence-electron chi connectivity index (χ4n) is 0.713. The Kier molecular flexibility index (Phi) is 4.65. The maximum atomic E-state index is 5.17. The lowest BCUT2D eigenvalue weighted by Gasteiger charge is -2.01. The van der Waals surface area contributed by atoms with Crippen molar-refractivity contribution in [2.24, 2.45) is 5.84 Å². The van der Waals surface area contributed by atoms with Crippen molar-refractivity contribution >= 4 is 22.7 Å². The summed E-state index contributed by atoms with van der Waals surface area (Å²) >= 11 is 0. The summed E-state index contributed by atoms with van der Waals surface area (Å²) < 4.78 is 4.96. The minimum atomic E-state index is 0. The van der Waals surface area contributed by atoms with E-state index in [4.69, 9.17) is 10.6 Å². The zero-order valence-corrected chi connectivity index (χ0v) is 7.92. The van der Waals surface area contributed by atoms with Crippen LogP contribution in [0.15, 0.2) is 24.3 Å². The Labute approximate surface area is 76.3 Å². The van der Waals surface area contributed by atoms with Gasteiger partial charge in [0.2, 0.25) is 0 Å². The van der Waals surface area contributed by atoms with E-state index in [0.717, 1.165) is 11.4 Å². The number of benzene rings is 1. The zero-order valence-electron chi connectivity index (χ0n) is 6.20. The number of anilines is 1. The number of hydrogen-bond donors (Lipinski definition) is 2. The number of nitrogens with two attached hydrogens (primary N) is 1. The molecule has 1 aromatic rings. The fourth-order valence-corrected chi connectivity index (χ4v) is 0.713. The van der Waals surface area contributed by atoms with E-state index in [1.165, 1.54) is 0 Å². The molecule has 0 saturated carbocycles. The molecular weight excluding hydrogens is 208 g/mol. The molecule has 1 rings (SSSR count). The molecule has 4 heteroatoms. The van der Waals surface area contributed by atoms with Crippen LogP contribution in [0, 0.1) is 0 Å². The van der Waals surface area contributed by atoms with Crippen LogP contribution in [0.5, 0.6) is 5.75 Å². The van der Waals surface area contributed by atoms with E-state index in [-0.39, 0.29) is 17.0 Å². The van der Waals surface area contributed by atoms with Gasteiger partial charge in [-0.15, -0.1) is 17.0 Å². The minimum Gasteiger partial charge on any atom is -0.497 e. The topological polar surface area (TPSA) is 47.3 Å². The number of nitrogens with one attached hydrogen (secondary N) is 1. The second-order valence-corrected chi connectivity index (χ2v) is 1.88. The van der Waals surface area contributed by atoms with Crippen LogP contribution in [0.3, 0.4) is 0 Å². The normalized spacial score (nSPS) is 8.18. The van der Waals surface area contributed by atoms with Gasteiger partial charge >= 0.3 is 0 Å². The van der Waals surface area contributed by atoms with Crippen molar-refractivity contribution in [3.05, 3.63) is 24.3 Å².